The van der Waals surface area contributed by atoms with E-state index in [0.717, 1.165) is 37.0 Å². The summed E-state index contributed by atoms with van der Waals surface area (Å²) in [5.74, 6) is -12.6. The first-order valence-electron chi connectivity index (χ1n) is 26.6. The van der Waals surface area contributed by atoms with Gasteiger partial charge in [0.25, 0.3) is 0 Å². The maximum absolute atomic E-state index is 14.3. The molecule has 8 atom stereocenters. The zero-order valence-corrected chi connectivity index (χ0v) is 43.9. The van der Waals surface area contributed by atoms with Crippen LogP contribution in [0.3, 0.4) is 0 Å². The number of carbonyl (C=O) groups excluding carboxylic acids is 12. The third-order valence-electron chi connectivity index (χ3n) is 13.3. The van der Waals surface area contributed by atoms with Crippen molar-refractivity contribution in [2.75, 3.05) is 13.2 Å². The van der Waals surface area contributed by atoms with Crippen molar-refractivity contribution in [3.05, 3.63) is 29.8 Å². The van der Waals surface area contributed by atoms with Crippen molar-refractivity contribution in [1.29, 1.82) is 0 Å². The molecule has 26 heteroatoms. The van der Waals surface area contributed by atoms with Gasteiger partial charge >= 0.3 is 0 Å². The molecular weight excluding hydrogens is 1000 g/mol. The highest BCUT2D eigenvalue weighted by atomic mass is 16.3. The number of rotatable bonds is 25. The number of phenols is 1. The molecule has 26 nitrogen and oxygen atoms in total. The third-order valence-corrected chi connectivity index (χ3v) is 13.3. The van der Waals surface area contributed by atoms with E-state index in [1.165, 1.54) is 56.4 Å². The van der Waals surface area contributed by atoms with Crippen LogP contribution < -0.4 is 60.2 Å². The summed E-state index contributed by atoms with van der Waals surface area (Å²) >= 11 is 0. The number of phenolic OH excluding ortho intramolecular Hbond substituents is 1. The van der Waals surface area contributed by atoms with Crippen LogP contribution in [-0.2, 0) is 64.0 Å². The van der Waals surface area contributed by atoms with E-state index in [-0.39, 0.29) is 38.0 Å². The van der Waals surface area contributed by atoms with E-state index in [1.807, 2.05) is 0 Å². The molecule has 0 saturated carbocycles. The van der Waals surface area contributed by atoms with Gasteiger partial charge in [0.1, 0.15) is 48.0 Å². The van der Waals surface area contributed by atoms with Gasteiger partial charge in [-0.15, -0.1) is 0 Å². The van der Waals surface area contributed by atoms with Gasteiger partial charge < -0.3 is 75.3 Å². The van der Waals surface area contributed by atoms with Gasteiger partial charge in [-0.25, -0.2) is 0 Å². The predicted molar refractivity (Wildman–Crippen MR) is 277 cm³/mol. The summed E-state index contributed by atoms with van der Waals surface area (Å²) in [5.41, 5.74) is 22.2. The molecule has 0 bridgehead atoms. The molecule has 12 amide bonds. The highest BCUT2D eigenvalue weighted by Gasteiger charge is 2.41. The second kappa shape index (κ2) is 33.6. The summed E-state index contributed by atoms with van der Waals surface area (Å²) in [6.45, 7) is 1.08. The molecule has 0 radical (unpaired) electrons. The van der Waals surface area contributed by atoms with E-state index in [2.05, 4.69) is 44.1 Å². The van der Waals surface area contributed by atoms with Gasteiger partial charge in [0.2, 0.25) is 70.9 Å². The molecule has 3 rings (SSSR count). The highest BCUT2D eigenvalue weighted by molar-refractivity contribution is 6.00. The monoisotopic (exact) mass is 1080 g/mol. The first kappa shape index (κ1) is 63.9. The van der Waals surface area contributed by atoms with E-state index in [1.54, 1.807) is 0 Å². The van der Waals surface area contributed by atoms with Crippen molar-refractivity contribution in [2.24, 2.45) is 22.9 Å². The van der Waals surface area contributed by atoms with Gasteiger partial charge in [-0.05, 0) is 43.4 Å². The smallest absolute Gasteiger partial charge is 0.245 e. The lowest BCUT2D eigenvalue weighted by atomic mass is 10.0. The van der Waals surface area contributed by atoms with Gasteiger partial charge in [0, 0.05) is 31.8 Å². The number of fused-ring (bicyclic) bond motifs is 1. The van der Waals surface area contributed by atoms with Crippen LogP contribution in [0, 0.1) is 0 Å². The average Bonchev–Trinajstić information content (AvgIpc) is 3.86. The first-order chi connectivity index (χ1) is 36.6. The molecule has 2 fully saturated rings. The number of primary amides is 4. The summed E-state index contributed by atoms with van der Waals surface area (Å²) in [6.07, 6.45) is 8.40. The minimum atomic E-state index is -1.86. The lowest BCUT2D eigenvalue weighted by Gasteiger charge is -2.31. The maximum atomic E-state index is 14.3. The van der Waals surface area contributed by atoms with E-state index in [0.29, 0.717) is 18.4 Å². The fraction of sp³-hybridized carbons (Fsp3) is 0.647. The van der Waals surface area contributed by atoms with Crippen molar-refractivity contribution in [2.45, 2.75) is 197 Å². The van der Waals surface area contributed by atoms with E-state index < -0.39 is 164 Å². The number of benzene rings is 1. The van der Waals surface area contributed by atoms with Crippen LogP contribution in [0.2, 0.25) is 0 Å². The zero-order valence-electron chi connectivity index (χ0n) is 43.9. The summed E-state index contributed by atoms with van der Waals surface area (Å²) in [4.78, 5) is 162. The number of nitrogens with zero attached hydrogens (tertiary/aromatic N) is 1. The van der Waals surface area contributed by atoms with Crippen molar-refractivity contribution in [3.63, 3.8) is 0 Å². The SMILES string of the molecule is CCCCCCCCCCCCCCC1CC(=O)NC(CC(N)=O)C(=O)N[C@H](Cc2ccc(O)cc2)C(=O)NC(CC(N)=O)C(=O)NC(CCC(N)=O)C(=O)N2CCC[C@H]2C(=O)NC(CC(N)=O)C(=O)N[C@@H](CO)C(=O)N1. The van der Waals surface area contributed by atoms with E-state index >= 15 is 0 Å². The molecule has 5 unspecified atom stereocenters. The Hall–Kier alpha value is -7.38. The summed E-state index contributed by atoms with van der Waals surface area (Å²) < 4.78 is 0. The maximum Gasteiger partial charge on any atom is 0.245 e. The Labute approximate surface area is 447 Å². The predicted octanol–water partition coefficient (Wildman–Crippen LogP) is -2.30. The molecule has 0 aromatic heterocycles. The number of hydrogen-bond acceptors (Lipinski definition) is 14. The molecule has 1 aromatic rings. The van der Waals surface area contributed by atoms with Gasteiger partial charge in [0.15, 0.2) is 0 Å². The Kier molecular flexibility index (Phi) is 27.9. The number of hydrogen-bond donors (Lipinski definition) is 13. The van der Waals surface area contributed by atoms with Crippen LogP contribution in [0.25, 0.3) is 0 Å². The molecular formula is C51H80N12O14. The lowest BCUT2D eigenvalue weighted by Crippen LogP contribution is -2.60. The molecule has 0 aliphatic carbocycles. The van der Waals surface area contributed by atoms with Gasteiger partial charge in [-0.2, -0.15) is 0 Å². The minimum Gasteiger partial charge on any atom is -0.508 e. The van der Waals surface area contributed by atoms with E-state index in [9.17, 15) is 67.7 Å². The molecule has 2 aliphatic heterocycles. The van der Waals surface area contributed by atoms with Crippen LogP contribution in [-0.4, -0.2) is 147 Å². The Morgan fingerprint density at radius 1 is 0.532 bits per heavy atom. The third kappa shape index (κ3) is 23.6. The van der Waals surface area contributed by atoms with Crippen molar-refractivity contribution >= 4 is 70.9 Å². The number of nitrogens with two attached hydrogens (primary N) is 4. The Morgan fingerprint density at radius 3 is 1.48 bits per heavy atom. The molecule has 428 valence electrons. The number of carbonyl (C=O) groups is 12. The number of nitrogens with one attached hydrogen (secondary N) is 7. The molecule has 2 aliphatic rings. The minimum absolute atomic E-state index is 0.00357. The Bertz CT molecular complexity index is 2210. The molecule has 1 aromatic carbocycles. The standard InChI is InChI=1S/C51H80N12O14/c1-2-3-4-5-6-7-8-9-10-11-12-13-15-31-25-44(70)57-35(26-41(53)67)46(72)59-34(24-30-17-19-32(65)20-18-30)45(71)60-36(27-42(54)68)47(73)58-33(21-22-40(52)66)51(77)63-23-14-16-39(63)50(76)61-37(28-43(55)69)48(74)62-38(29-64)49(75)56-31/h17-20,31,33-39,64-65H,2-16,21-29H2,1H3,(H2,52,66)(H2,53,67)(H2,54,68)(H2,55,69)(H,56,75)(H,57,70)(H,58,73)(H,59,72)(H,60,71)(H,61,76)(H,62,74)/t31?,33?,34-,35?,36?,37?,38+,39+/m1/s1. The quantitative estimate of drug-likeness (QED) is 0.0459. The molecule has 2 heterocycles. The normalized spacial score (nSPS) is 23.6. The largest absolute Gasteiger partial charge is 0.508 e. The number of amides is 12. The second-order valence-electron chi connectivity index (χ2n) is 19.8. The number of aliphatic hydroxyl groups is 1. The zero-order chi connectivity index (χ0) is 57.0. The molecule has 0 spiro atoms. The topological polar surface area (TPSA) is 437 Å². The average molecular weight is 1090 g/mol. The second-order valence-corrected chi connectivity index (χ2v) is 19.8. The summed E-state index contributed by atoms with van der Waals surface area (Å²) in [7, 11) is 0. The van der Waals surface area contributed by atoms with Gasteiger partial charge in [0.05, 0.1) is 25.9 Å². The number of aromatic hydroxyl groups is 1. The fourth-order valence-electron chi connectivity index (χ4n) is 9.14. The van der Waals surface area contributed by atoms with Crippen molar-refractivity contribution < 1.29 is 67.7 Å². The fourth-order valence-corrected chi connectivity index (χ4v) is 9.14. The molecule has 77 heavy (non-hydrogen) atoms. The number of aliphatic hydroxyl groups excluding tert-OH is 1. The van der Waals surface area contributed by atoms with Crippen molar-refractivity contribution in [3.8, 4) is 5.75 Å². The van der Waals surface area contributed by atoms with Crippen LogP contribution in [0.15, 0.2) is 24.3 Å². The van der Waals surface area contributed by atoms with Gasteiger partial charge in [-0.1, -0.05) is 96.1 Å². The van der Waals surface area contributed by atoms with Crippen LogP contribution in [0.5, 0.6) is 5.75 Å². The highest BCUT2D eigenvalue weighted by Crippen LogP contribution is 2.21. The molecule has 17 N–H and O–H groups in total. The summed E-state index contributed by atoms with van der Waals surface area (Å²) in [6, 6.07) is -7.34. The lowest BCUT2D eigenvalue weighted by molar-refractivity contribution is -0.143. The van der Waals surface area contributed by atoms with Crippen molar-refractivity contribution in [1.82, 2.24) is 42.1 Å². The van der Waals surface area contributed by atoms with Crippen LogP contribution in [0.4, 0.5) is 0 Å². The van der Waals surface area contributed by atoms with Crippen LogP contribution >= 0.6 is 0 Å². The van der Waals surface area contributed by atoms with E-state index in [4.69, 9.17) is 22.9 Å². The Morgan fingerprint density at radius 2 is 0.974 bits per heavy atom. The first-order valence-corrected chi connectivity index (χ1v) is 26.6. The summed E-state index contributed by atoms with van der Waals surface area (Å²) in [5, 5.41) is 37.3. The Balaban J connectivity index is 2.08. The number of unbranched alkanes of at least 4 members (excludes halogenated alkanes) is 11. The molecule has 2 saturated heterocycles. The van der Waals surface area contributed by atoms with Gasteiger partial charge in [-0.3, -0.25) is 57.5 Å². The van der Waals surface area contributed by atoms with Crippen LogP contribution in [0.1, 0.15) is 147 Å².